The van der Waals surface area contributed by atoms with E-state index in [1.165, 1.54) is 34.4 Å². The lowest BCUT2D eigenvalue weighted by molar-refractivity contribution is 0.688. The Bertz CT molecular complexity index is 511. The van der Waals surface area contributed by atoms with Gasteiger partial charge in [-0.15, -0.1) is 11.3 Å². The van der Waals surface area contributed by atoms with Crippen molar-refractivity contribution in [3.05, 3.63) is 46.2 Å². The predicted octanol–water partition coefficient (Wildman–Crippen LogP) is 3.98. The number of hydrogen-bond donors (Lipinski definition) is 1. The molecule has 1 saturated carbocycles. The molecule has 0 radical (unpaired) electrons. The molecule has 0 aliphatic heterocycles. The summed E-state index contributed by atoms with van der Waals surface area (Å²) in [6, 6.07) is 11.9. The molecule has 0 saturated heterocycles. The minimum absolute atomic E-state index is 0.779. The number of benzene rings is 1. The molecule has 0 unspecified atom stereocenters. The van der Waals surface area contributed by atoms with Crippen LogP contribution in [0.3, 0.4) is 0 Å². The van der Waals surface area contributed by atoms with Crippen molar-refractivity contribution >= 4 is 11.3 Å². The zero-order valence-electron chi connectivity index (χ0n) is 10.1. The minimum atomic E-state index is 0.779. The molecule has 1 heterocycles. The molecular formula is C15H17NS. The second-order valence-corrected chi connectivity index (χ2v) is 5.87. The zero-order chi connectivity index (χ0) is 11.7. The van der Waals surface area contributed by atoms with E-state index in [1.807, 2.05) is 11.3 Å². The fourth-order valence-corrected chi connectivity index (χ4v) is 2.80. The first kappa shape index (κ1) is 11.0. The Kier molecular flexibility index (Phi) is 3.00. The molecule has 2 aromatic rings. The Morgan fingerprint density at radius 3 is 2.88 bits per heavy atom. The van der Waals surface area contributed by atoms with Crippen molar-refractivity contribution in [2.24, 2.45) is 0 Å². The maximum absolute atomic E-state index is 3.56. The zero-order valence-corrected chi connectivity index (χ0v) is 10.9. The van der Waals surface area contributed by atoms with Gasteiger partial charge in [0.25, 0.3) is 0 Å². The van der Waals surface area contributed by atoms with Gasteiger partial charge in [0.2, 0.25) is 0 Å². The van der Waals surface area contributed by atoms with Gasteiger partial charge in [0.15, 0.2) is 0 Å². The second-order valence-electron chi connectivity index (χ2n) is 4.75. The third-order valence-electron chi connectivity index (χ3n) is 3.27. The van der Waals surface area contributed by atoms with Gasteiger partial charge in [0, 0.05) is 17.5 Å². The van der Waals surface area contributed by atoms with Crippen LogP contribution in [0, 0.1) is 6.92 Å². The van der Waals surface area contributed by atoms with Crippen molar-refractivity contribution in [2.45, 2.75) is 32.4 Å². The molecule has 1 N–H and O–H groups in total. The van der Waals surface area contributed by atoms with Gasteiger partial charge in [-0.1, -0.05) is 18.2 Å². The average molecular weight is 243 g/mol. The minimum Gasteiger partial charge on any atom is -0.310 e. The van der Waals surface area contributed by atoms with Crippen LogP contribution < -0.4 is 5.32 Å². The number of thiophene rings is 1. The molecule has 88 valence electrons. The highest BCUT2D eigenvalue weighted by Gasteiger charge is 2.19. The van der Waals surface area contributed by atoms with E-state index in [0.29, 0.717) is 0 Å². The van der Waals surface area contributed by atoms with E-state index < -0.39 is 0 Å². The molecule has 0 amide bonds. The number of nitrogens with one attached hydrogen (secondary N) is 1. The van der Waals surface area contributed by atoms with Gasteiger partial charge < -0.3 is 5.32 Å². The predicted molar refractivity (Wildman–Crippen MR) is 74.4 cm³/mol. The Labute approximate surface area is 106 Å². The van der Waals surface area contributed by atoms with E-state index in [1.54, 1.807) is 0 Å². The summed E-state index contributed by atoms with van der Waals surface area (Å²) in [5.41, 5.74) is 4.11. The van der Waals surface area contributed by atoms with Crippen LogP contribution in [0.4, 0.5) is 0 Å². The maximum Gasteiger partial charge on any atom is 0.0208 e. The maximum atomic E-state index is 3.56. The average Bonchev–Trinajstić information content (AvgIpc) is 3.08. The van der Waals surface area contributed by atoms with E-state index in [9.17, 15) is 0 Å². The SMILES string of the molecule is Cc1sccc1-c1cccc(CNC2CC2)c1. The molecule has 3 rings (SSSR count). The van der Waals surface area contributed by atoms with Gasteiger partial charge in [-0.05, 0) is 54.0 Å². The molecule has 1 aliphatic rings. The van der Waals surface area contributed by atoms with Crippen LogP contribution in [-0.4, -0.2) is 6.04 Å². The third kappa shape index (κ3) is 2.59. The van der Waals surface area contributed by atoms with Gasteiger partial charge in [-0.2, -0.15) is 0 Å². The summed E-state index contributed by atoms with van der Waals surface area (Å²) in [5.74, 6) is 0. The second kappa shape index (κ2) is 4.63. The van der Waals surface area contributed by atoms with E-state index in [2.05, 4.69) is 48.0 Å². The lowest BCUT2D eigenvalue weighted by Crippen LogP contribution is -2.15. The largest absolute Gasteiger partial charge is 0.310 e. The fraction of sp³-hybridized carbons (Fsp3) is 0.333. The Balaban J connectivity index is 1.80. The summed E-state index contributed by atoms with van der Waals surface area (Å²) in [6.07, 6.45) is 2.70. The number of hydrogen-bond acceptors (Lipinski definition) is 2. The smallest absolute Gasteiger partial charge is 0.0208 e. The molecule has 0 spiro atoms. The van der Waals surface area contributed by atoms with E-state index in [-0.39, 0.29) is 0 Å². The summed E-state index contributed by atoms with van der Waals surface area (Å²) in [7, 11) is 0. The first-order chi connectivity index (χ1) is 8.33. The van der Waals surface area contributed by atoms with Crippen LogP contribution in [0.15, 0.2) is 35.7 Å². The molecule has 1 aromatic carbocycles. The van der Waals surface area contributed by atoms with E-state index in [4.69, 9.17) is 0 Å². The molecule has 0 bridgehead atoms. The van der Waals surface area contributed by atoms with Crippen molar-refractivity contribution in [2.75, 3.05) is 0 Å². The molecule has 2 heteroatoms. The fourth-order valence-electron chi connectivity index (χ4n) is 2.08. The number of rotatable bonds is 4. The summed E-state index contributed by atoms with van der Waals surface area (Å²) in [5, 5.41) is 5.73. The van der Waals surface area contributed by atoms with Crippen LogP contribution in [0.25, 0.3) is 11.1 Å². The molecule has 17 heavy (non-hydrogen) atoms. The monoisotopic (exact) mass is 243 g/mol. The third-order valence-corrected chi connectivity index (χ3v) is 4.11. The first-order valence-corrected chi connectivity index (χ1v) is 7.08. The highest BCUT2D eigenvalue weighted by atomic mass is 32.1. The van der Waals surface area contributed by atoms with Crippen LogP contribution >= 0.6 is 11.3 Å². The van der Waals surface area contributed by atoms with E-state index >= 15 is 0 Å². The lowest BCUT2D eigenvalue weighted by Gasteiger charge is -2.06. The van der Waals surface area contributed by atoms with Crippen LogP contribution in [0.5, 0.6) is 0 Å². The standard InChI is InChI=1S/C15H17NS/c1-11-15(7-8-17-11)13-4-2-3-12(9-13)10-16-14-5-6-14/h2-4,7-9,14,16H,5-6,10H2,1H3. The molecule has 1 fully saturated rings. The summed E-state index contributed by atoms with van der Waals surface area (Å²) in [4.78, 5) is 1.40. The Morgan fingerprint density at radius 1 is 1.29 bits per heavy atom. The lowest BCUT2D eigenvalue weighted by atomic mass is 10.0. The topological polar surface area (TPSA) is 12.0 Å². The van der Waals surface area contributed by atoms with Crippen LogP contribution in [0.2, 0.25) is 0 Å². The van der Waals surface area contributed by atoms with Gasteiger partial charge >= 0.3 is 0 Å². The van der Waals surface area contributed by atoms with Gasteiger partial charge in [0.05, 0.1) is 0 Å². The Morgan fingerprint density at radius 2 is 2.18 bits per heavy atom. The summed E-state index contributed by atoms with van der Waals surface area (Å²) >= 11 is 1.82. The highest BCUT2D eigenvalue weighted by molar-refractivity contribution is 7.10. The van der Waals surface area contributed by atoms with Crippen molar-refractivity contribution < 1.29 is 0 Å². The van der Waals surface area contributed by atoms with Gasteiger partial charge in [-0.25, -0.2) is 0 Å². The summed E-state index contributed by atoms with van der Waals surface area (Å²) in [6.45, 7) is 3.19. The molecular weight excluding hydrogens is 226 g/mol. The normalized spacial score (nSPS) is 15.1. The number of aryl methyl sites for hydroxylation is 1. The van der Waals surface area contributed by atoms with Crippen molar-refractivity contribution in [1.82, 2.24) is 5.32 Å². The van der Waals surface area contributed by atoms with Crippen molar-refractivity contribution in [3.63, 3.8) is 0 Å². The molecule has 1 nitrogen and oxygen atoms in total. The van der Waals surface area contributed by atoms with Gasteiger partial charge in [-0.3, -0.25) is 0 Å². The van der Waals surface area contributed by atoms with E-state index in [0.717, 1.165) is 12.6 Å². The molecule has 1 aliphatic carbocycles. The Hall–Kier alpha value is -1.12. The summed E-state index contributed by atoms with van der Waals surface area (Å²) < 4.78 is 0. The van der Waals surface area contributed by atoms with Crippen molar-refractivity contribution in [1.29, 1.82) is 0 Å². The first-order valence-electron chi connectivity index (χ1n) is 6.20. The van der Waals surface area contributed by atoms with Crippen LogP contribution in [-0.2, 0) is 6.54 Å². The highest BCUT2D eigenvalue weighted by Crippen LogP contribution is 2.28. The molecule has 1 aromatic heterocycles. The van der Waals surface area contributed by atoms with Gasteiger partial charge in [0.1, 0.15) is 0 Å². The molecule has 0 atom stereocenters. The van der Waals surface area contributed by atoms with Crippen LogP contribution in [0.1, 0.15) is 23.3 Å². The van der Waals surface area contributed by atoms with Crippen molar-refractivity contribution in [3.8, 4) is 11.1 Å². The quantitative estimate of drug-likeness (QED) is 0.856.